The molecule has 0 aromatic carbocycles. The standard InChI is InChI=1S/C9H12F3N3/c1-15-7(8(5-13)2-3-8)4-6(14-15)9(10,11)12/h4H,2-3,5,13H2,1H3. The van der Waals surface area contributed by atoms with Crippen LogP contribution in [0.1, 0.15) is 24.2 Å². The number of nitrogens with zero attached hydrogens (tertiary/aromatic N) is 2. The van der Waals surface area contributed by atoms with E-state index in [9.17, 15) is 13.2 Å². The summed E-state index contributed by atoms with van der Waals surface area (Å²) < 4.78 is 38.5. The van der Waals surface area contributed by atoms with E-state index in [0.717, 1.165) is 18.9 Å². The number of hydrogen-bond donors (Lipinski definition) is 1. The highest BCUT2D eigenvalue weighted by atomic mass is 19.4. The monoisotopic (exact) mass is 219 g/mol. The molecule has 3 nitrogen and oxygen atoms in total. The van der Waals surface area contributed by atoms with Crippen molar-refractivity contribution in [3.63, 3.8) is 0 Å². The molecule has 0 amide bonds. The van der Waals surface area contributed by atoms with Crippen LogP contribution in [0.2, 0.25) is 0 Å². The Hall–Kier alpha value is -1.04. The van der Waals surface area contributed by atoms with Crippen LogP contribution in [-0.4, -0.2) is 16.3 Å². The average molecular weight is 219 g/mol. The maximum atomic E-state index is 12.4. The molecule has 0 radical (unpaired) electrons. The summed E-state index contributed by atoms with van der Waals surface area (Å²) in [6, 6.07) is 1.11. The summed E-state index contributed by atoms with van der Waals surface area (Å²) in [5.41, 5.74) is 5.07. The second-order valence-electron chi connectivity index (χ2n) is 4.02. The van der Waals surface area contributed by atoms with Gasteiger partial charge in [-0.25, -0.2) is 0 Å². The molecule has 0 bridgehead atoms. The molecule has 1 saturated carbocycles. The number of aromatic nitrogens is 2. The van der Waals surface area contributed by atoms with Crippen LogP contribution in [0.3, 0.4) is 0 Å². The van der Waals surface area contributed by atoms with E-state index in [-0.39, 0.29) is 5.41 Å². The summed E-state index contributed by atoms with van der Waals surface area (Å²) in [6.07, 6.45) is -2.68. The molecule has 1 aliphatic rings. The molecule has 0 saturated heterocycles. The highest BCUT2D eigenvalue weighted by molar-refractivity contribution is 5.28. The molecule has 1 aromatic rings. The SMILES string of the molecule is Cn1nc(C(F)(F)F)cc1C1(CN)CC1. The summed E-state index contributed by atoms with van der Waals surface area (Å²) in [7, 11) is 1.53. The van der Waals surface area contributed by atoms with Crippen molar-refractivity contribution in [2.75, 3.05) is 6.54 Å². The van der Waals surface area contributed by atoms with Gasteiger partial charge in [0.05, 0.1) is 0 Å². The van der Waals surface area contributed by atoms with E-state index < -0.39 is 11.9 Å². The second-order valence-corrected chi connectivity index (χ2v) is 4.02. The summed E-state index contributed by atoms with van der Waals surface area (Å²) >= 11 is 0. The van der Waals surface area contributed by atoms with Gasteiger partial charge in [0, 0.05) is 24.7 Å². The van der Waals surface area contributed by atoms with Crippen LogP contribution in [0.25, 0.3) is 0 Å². The smallest absolute Gasteiger partial charge is 0.330 e. The van der Waals surface area contributed by atoms with Crippen LogP contribution in [-0.2, 0) is 18.6 Å². The molecule has 84 valence electrons. The van der Waals surface area contributed by atoms with Gasteiger partial charge in [-0.05, 0) is 18.9 Å². The molecule has 15 heavy (non-hydrogen) atoms. The van der Waals surface area contributed by atoms with Crippen molar-refractivity contribution >= 4 is 0 Å². The lowest BCUT2D eigenvalue weighted by atomic mass is 10.0. The van der Waals surface area contributed by atoms with Gasteiger partial charge in [-0.15, -0.1) is 0 Å². The van der Waals surface area contributed by atoms with E-state index in [0.29, 0.717) is 12.2 Å². The first-order valence-corrected chi connectivity index (χ1v) is 4.71. The highest BCUT2D eigenvalue weighted by Crippen LogP contribution is 2.47. The minimum absolute atomic E-state index is 0.259. The van der Waals surface area contributed by atoms with Gasteiger partial charge >= 0.3 is 6.18 Å². The molecule has 1 aliphatic carbocycles. The van der Waals surface area contributed by atoms with Crippen molar-refractivity contribution in [3.8, 4) is 0 Å². The lowest BCUT2D eigenvalue weighted by Gasteiger charge is -2.11. The van der Waals surface area contributed by atoms with Crippen molar-refractivity contribution in [2.24, 2.45) is 12.8 Å². The zero-order chi connectivity index (χ0) is 11.3. The van der Waals surface area contributed by atoms with Gasteiger partial charge in [0.2, 0.25) is 0 Å². The molecular weight excluding hydrogens is 207 g/mol. The van der Waals surface area contributed by atoms with E-state index in [1.807, 2.05) is 0 Å². The van der Waals surface area contributed by atoms with E-state index in [1.165, 1.54) is 11.7 Å². The van der Waals surface area contributed by atoms with Crippen LogP contribution in [0.15, 0.2) is 6.07 Å². The van der Waals surface area contributed by atoms with Gasteiger partial charge < -0.3 is 5.73 Å². The maximum absolute atomic E-state index is 12.4. The molecule has 1 fully saturated rings. The van der Waals surface area contributed by atoms with E-state index in [2.05, 4.69) is 5.10 Å². The summed E-state index contributed by atoms with van der Waals surface area (Å²) in [5, 5.41) is 3.47. The molecule has 0 atom stereocenters. The zero-order valence-corrected chi connectivity index (χ0v) is 8.30. The van der Waals surface area contributed by atoms with Gasteiger partial charge in [-0.2, -0.15) is 18.3 Å². The predicted octanol–water partition coefficient (Wildman–Crippen LogP) is 1.43. The topological polar surface area (TPSA) is 43.8 Å². The van der Waals surface area contributed by atoms with Crippen LogP contribution in [0.5, 0.6) is 0 Å². The summed E-state index contributed by atoms with van der Waals surface area (Å²) in [6.45, 7) is 0.379. The van der Waals surface area contributed by atoms with Gasteiger partial charge in [-0.1, -0.05) is 0 Å². The van der Waals surface area contributed by atoms with Crippen LogP contribution in [0.4, 0.5) is 13.2 Å². The third-order valence-electron chi connectivity index (χ3n) is 2.96. The second kappa shape index (κ2) is 2.98. The molecule has 1 aromatic heterocycles. The van der Waals surface area contributed by atoms with E-state index >= 15 is 0 Å². The molecule has 0 unspecified atom stereocenters. The first-order chi connectivity index (χ1) is 6.89. The number of alkyl halides is 3. The molecule has 2 rings (SSSR count). The Morgan fingerprint density at radius 2 is 2.13 bits per heavy atom. The fourth-order valence-electron chi connectivity index (χ4n) is 1.82. The zero-order valence-electron chi connectivity index (χ0n) is 8.30. The number of aryl methyl sites for hydroxylation is 1. The molecule has 0 aliphatic heterocycles. The minimum Gasteiger partial charge on any atom is -0.330 e. The first kappa shape index (κ1) is 10.5. The van der Waals surface area contributed by atoms with Crippen LogP contribution >= 0.6 is 0 Å². The van der Waals surface area contributed by atoms with Gasteiger partial charge in [0.15, 0.2) is 5.69 Å². The Morgan fingerprint density at radius 3 is 2.47 bits per heavy atom. The number of halogens is 3. The summed E-state index contributed by atoms with van der Waals surface area (Å²) in [5.74, 6) is 0. The van der Waals surface area contributed by atoms with Crippen molar-refractivity contribution in [1.29, 1.82) is 0 Å². The van der Waals surface area contributed by atoms with Gasteiger partial charge in [0.25, 0.3) is 0 Å². The van der Waals surface area contributed by atoms with Crippen molar-refractivity contribution in [1.82, 2.24) is 9.78 Å². The highest BCUT2D eigenvalue weighted by Gasteiger charge is 2.47. The quantitative estimate of drug-likeness (QED) is 0.817. The van der Waals surface area contributed by atoms with Gasteiger partial charge in [0.1, 0.15) is 0 Å². The number of nitrogens with two attached hydrogens (primary N) is 1. The molecule has 1 heterocycles. The largest absolute Gasteiger partial charge is 0.435 e. The molecule has 6 heteroatoms. The van der Waals surface area contributed by atoms with Crippen LogP contribution < -0.4 is 5.73 Å². The van der Waals surface area contributed by atoms with Crippen molar-refractivity contribution < 1.29 is 13.2 Å². The minimum atomic E-state index is -4.37. The third kappa shape index (κ3) is 1.62. The predicted molar refractivity (Wildman–Crippen MR) is 48.2 cm³/mol. The summed E-state index contributed by atoms with van der Waals surface area (Å²) in [4.78, 5) is 0. The van der Waals surface area contributed by atoms with E-state index in [4.69, 9.17) is 5.73 Å². The first-order valence-electron chi connectivity index (χ1n) is 4.71. The van der Waals surface area contributed by atoms with Crippen molar-refractivity contribution in [3.05, 3.63) is 17.5 Å². The molecular formula is C9H12F3N3. The van der Waals surface area contributed by atoms with Gasteiger partial charge in [-0.3, -0.25) is 4.68 Å². The Kier molecular flexibility index (Phi) is 2.08. The Bertz CT molecular complexity index is 376. The fourth-order valence-corrected chi connectivity index (χ4v) is 1.82. The number of rotatable bonds is 2. The fraction of sp³-hybridized carbons (Fsp3) is 0.667. The lowest BCUT2D eigenvalue weighted by molar-refractivity contribution is -0.141. The van der Waals surface area contributed by atoms with E-state index in [1.54, 1.807) is 0 Å². The molecule has 2 N–H and O–H groups in total. The Labute approximate surface area is 85.1 Å². The normalized spacial score (nSPS) is 19.3. The van der Waals surface area contributed by atoms with Crippen molar-refractivity contribution in [2.45, 2.75) is 24.4 Å². The Morgan fingerprint density at radius 1 is 1.53 bits per heavy atom. The maximum Gasteiger partial charge on any atom is 0.435 e. The molecule has 0 spiro atoms. The van der Waals surface area contributed by atoms with Crippen LogP contribution in [0, 0.1) is 0 Å². The average Bonchev–Trinajstić information content (AvgIpc) is 2.82. The lowest BCUT2D eigenvalue weighted by Crippen LogP contribution is -2.22. The third-order valence-corrected chi connectivity index (χ3v) is 2.96. The number of hydrogen-bond acceptors (Lipinski definition) is 2. The Balaban J connectivity index is 2.39.